The zero-order chi connectivity index (χ0) is 22.8. The van der Waals surface area contributed by atoms with Gasteiger partial charge >= 0.3 is 0 Å². The van der Waals surface area contributed by atoms with Gasteiger partial charge in [0.15, 0.2) is 10.3 Å². The number of carbonyl (C=O) groups is 1. The number of carbonyl (C=O) groups excluding carboxylic acids is 1. The first-order valence-corrected chi connectivity index (χ1v) is 12.0. The third kappa shape index (κ3) is 4.67. The fourth-order valence-electron chi connectivity index (χ4n) is 3.41. The van der Waals surface area contributed by atoms with Crippen molar-refractivity contribution in [2.75, 3.05) is 11.1 Å². The third-order valence-corrected chi connectivity index (χ3v) is 6.93. The van der Waals surface area contributed by atoms with Gasteiger partial charge in [-0.1, -0.05) is 35.2 Å². The fraction of sp³-hybridized carbons (Fsp3) is 0.130. The maximum atomic E-state index is 13.5. The van der Waals surface area contributed by atoms with E-state index in [4.69, 9.17) is 0 Å². The highest BCUT2D eigenvalue weighted by atomic mass is 32.2. The highest BCUT2D eigenvalue weighted by Crippen LogP contribution is 2.27. The van der Waals surface area contributed by atoms with Crippen molar-refractivity contribution in [2.45, 2.75) is 11.6 Å². The molecule has 0 radical (unpaired) electrons. The average molecular weight is 479 g/mol. The van der Waals surface area contributed by atoms with E-state index in [-0.39, 0.29) is 17.5 Å². The van der Waals surface area contributed by atoms with Crippen LogP contribution in [0.15, 0.2) is 72.0 Å². The first kappa shape index (κ1) is 21.4. The van der Waals surface area contributed by atoms with E-state index in [2.05, 4.69) is 20.5 Å². The standard InChI is InChI=1S/C23H19FN6OS2/c1-29-12-4-5-17(29)13-20-27-28-23(30(20)16-10-8-15(24)9-11-16)32-14-21(31)26-22-25-18-6-2-3-7-19(18)33-22/h2-12H,13-14H2,1H3,(H,25,26,31). The van der Waals surface area contributed by atoms with Crippen molar-refractivity contribution in [2.24, 2.45) is 7.05 Å². The summed E-state index contributed by atoms with van der Waals surface area (Å²) in [6.07, 6.45) is 2.52. The van der Waals surface area contributed by atoms with Crippen molar-refractivity contribution in [3.05, 3.63) is 84.2 Å². The number of anilines is 1. The van der Waals surface area contributed by atoms with Crippen LogP contribution in [-0.4, -0.2) is 36.0 Å². The van der Waals surface area contributed by atoms with Gasteiger partial charge in [-0.2, -0.15) is 0 Å². The SMILES string of the molecule is Cn1cccc1Cc1nnc(SCC(=O)Nc2nc3ccccc3s2)n1-c1ccc(F)cc1. The number of rotatable bonds is 7. The molecule has 3 aromatic heterocycles. The smallest absolute Gasteiger partial charge is 0.236 e. The van der Waals surface area contributed by atoms with Crippen molar-refractivity contribution in [3.63, 3.8) is 0 Å². The molecule has 1 amide bonds. The van der Waals surface area contributed by atoms with Crippen molar-refractivity contribution >= 4 is 44.4 Å². The molecule has 0 bridgehead atoms. The topological polar surface area (TPSA) is 77.6 Å². The fourth-order valence-corrected chi connectivity index (χ4v) is 5.06. The Kier molecular flexibility index (Phi) is 5.93. The molecule has 0 fully saturated rings. The summed E-state index contributed by atoms with van der Waals surface area (Å²) in [7, 11) is 1.97. The van der Waals surface area contributed by atoms with Crippen LogP contribution < -0.4 is 5.32 Å². The number of benzene rings is 2. The molecule has 5 aromatic rings. The van der Waals surface area contributed by atoms with E-state index in [1.807, 2.05) is 58.8 Å². The molecule has 33 heavy (non-hydrogen) atoms. The molecular weight excluding hydrogens is 459 g/mol. The Bertz CT molecular complexity index is 1390. The zero-order valence-corrected chi connectivity index (χ0v) is 19.2. The van der Waals surface area contributed by atoms with Crippen LogP contribution in [0.1, 0.15) is 11.5 Å². The van der Waals surface area contributed by atoms with Crippen LogP contribution in [0.25, 0.3) is 15.9 Å². The summed E-state index contributed by atoms with van der Waals surface area (Å²) in [5, 5.41) is 12.7. The van der Waals surface area contributed by atoms with Crippen LogP contribution in [0.5, 0.6) is 0 Å². The molecule has 0 saturated carbocycles. The molecule has 166 valence electrons. The predicted molar refractivity (Wildman–Crippen MR) is 129 cm³/mol. The molecule has 0 aliphatic carbocycles. The molecule has 0 aliphatic rings. The summed E-state index contributed by atoms with van der Waals surface area (Å²) in [6, 6.07) is 17.9. The van der Waals surface area contributed by atoms with Crippen LogP contribution in [-0.2, 0) is 18.3 Å². The zero-order valence-electron chi connectivity index (χ0n) is 17.6. The largest absolute Gasteiger partial charge is 0.354 e. The van der Waals surface area contributed by atoms with Gasteiger partial charge < -0.3 is 9.88 Å². The molecular formula is C23H19FN6OS2. The molecule has 0 aliphatic heterocycles. The lowest BCUT2D eigenvalue weighted by atomic mass is 10.2. The maximum absolute atomic E-state index is 13.5. The highest BCUT2D eigenvalue weighted by molar-refractivity contribution is 7.99. The second-order valence-electron chi connectivity index (χ2n) is 7.32. The van der Waals surface area contributed by atoms with E-state index >= 15 is 0 Å². The number of thioether (sulfide) groups is 1. The number of halogens is 1. The molecule has 1 N–H and O–H groups in total. The number of nitrogens with one attached hydrogen (secondary N) is 1. The van der Waals surface area contributed by atoms with E-state index in [1.54, 1.807) is 12.1 Å². The summed E-state index contributed by atoms with van der Waals surface area (Å²) in [5.74, 6) is 0.341. The van der Waals surface area contributed by atoms with Gasteiger partial charge in [0.1, 0.15) is 11.6 Å². The predicted octanol–water partition coefficient (Wildman–Crippen LogP) is 4.68. The lowest BCUT2D eigenvalue weighted by Crippen LogP contribution is -2.14. The minimum absolute atomic E-state index is 0.138. The monoisotopic (exact) mass is 478 g/mol. The van der Waals surface area contributed by atoms with Gasteiger partial charge in [0.25, 0.3) is 0 Å². The van der Waals surface area contributed by atoms with Crippen LogP contribution in [0.2, 0.25) is 0 Å². The average Bonchev–Trinajstić information content (AvgIpc) is 3.51. The van der Waals surface area contributed by atoms with Crippen molar-refractivity contribution < 1.29 is 9.18 Å². The number of hydrogen-bond acceptors (Lipinski definition) is 6. The van der Waals surface area contributed by atoms with Crippen LogP contribution in [0.3, 0.4) is 0 Å². The minimum Gasteiger partial charge on any atom is -0.354 e. The van der Waals surface area contributed by atoms with Gasteiger partial charge in [-0.05, 0) is 48.5 Å². The lowest BCUT2D eigenvalue weighted by Gasteiger charge is -2.11. The summed E-state index contributed by atoms with van der Waals surface area (Å²) in [6.45, 7) is 0. The summed E-state index contributed by atoms with van der Waals surface area (Å²) >= 11 is 2.70. The molecule has 3 heterocycles. The van der Waals surface area contributed by atoms with Crippen LogP contribution in [0, 0.1) is 5.82 Å². The number of hydrogen-bond donors (Lipinski definition) is 1. The van der Waals surface area contributed by atoms with Crippen molar-refractivity contribution in [1.82, 2.24) is 24.3 Å². The first-order valence-electron chi connectivity index (χ1n) is 10.2. The molecule has 7 nitrogen and oxygen atoms in total. The number of fused-ring (bicyclic) bond motifs is 1. The summed E-state index contributed by atoms with van der Waals surface area (Å²) < 4.78 is 18.4. The Hall–Kier alpha value is -3.50. The number of aryl methyl sites for hydroxylation is 1. The maximum Gasteiger partial charge on any atom is 0.236 e. The quantitative estimate of drug-likeness (QED) is 0.344. The molecule has 0 atom stereocenters. The van der Waals surface area contributed by atoms with Crippen LogP contribution >= 0.6 is 23.1 Å². The number of thiazole rings is 1. The highest BCUT2D eigenvalue weighted by Gasteiger charge is 2.18. The minimum atomic E-state index is -0.319. The van der Waals surface area contributed by atoms with E-state index in [0.29, 0.717) is 22.5 Å². The van der Waals surface area contributed by atoms with Gasteiger partial charge in [-0.3, -0.25) is 9.36 Å². The van der Waals surface area contributed by atoms with Crippen molar-refractivity contribution in [1.29, 1.82) is 0 Å². The Labute approximate surface area is 197 Å². The molecule has 0 saturated heterocycles. The van der Waals surface area contributed by atoms with E-state index in [1.165, 1.54) is 35.2 Å². The van der Waals surface area contributed by atoms with Gasteiger partial charge in [-0.25, -0.2) is 9.37 Å². The summed E-state index contributed by atoms with van der Waals surface area (Å²) in [4.78, 5) is 17.0. The number of nitrogens with zero attached hydrogens (tertiary/aromatic N) is 5. The van der Waals surface area contributed by atoms with Crippen LogP contribution in [0.4, 0.5) is 9.52 Å². The lowest BCUT2D eigenvalue weighted by molar-refractivity contribution is -0.113. The molecule has 0 unspecified atom stereocenters. The molecule has 10 heteroatoms. The van der Waals surface area contributed by atoms with Gasteiger partial charge in [0.2, 0.25) is 5.91 Å². The Morgan fingerprint density at radius 1 is 1.09 bits per heavy atom. The third-order valence-electron chi connectivity index (χ3n) is 5.05. The number of para-hydroxylation sites is 1. The second-order valence-corrected chi connectivity index (χ2v) is 9.29. The molecule has 5 rings (SSSR count). The van der Waals surface area contributed by atoms with Gasteiger partial charge in [0, 0.05) is 31.0 Å². The van der Waals surface area contributed by atoms with E-state index in [0.717, 1.165) is 21.6 Å². The summed E-state index contributed by atoms with van der Waals surface area (Å²) in [5.41, 5.74) is 2.66. The normalized spacial score (nSPS) is 11.2. The van der Waals surface area contributed by atoms with Crippen molar-refractivity contribution in [3.8, 4) is 5.69 Å². The Morgan fingerprint density at radius 2 is 1.91 bits per heavy atom. The Morgan fingerprint density at radius 3 is 2.67 bits per heavy atom. The Balaban J connectivity index is 1.36. The number of aromatic nitrogens is 5. The second kappa shape index (κ2) is 9.16. The van der Waals surface area contributed by atoms with Gasteiger partial charge in [0.05, 0.1) is 16.0 Å². The molecule has 2 aromatic carbocycles. The first-order chi connectivity index (χ1) is 16.1. The number of amides is 1. The van der Waals surface area contributed by atoms with Gasteiger partial charge in [-0.15, -0.1) is 10.2 Å². The molecule has 0 spiro atoms. The van der Waals surface area contributed by atoms with E-state index in [9.17, 15) is 9.18 Å². The van der Waals surface area contributed by atoms with E-state index < -0.39 is 0 Å².